The summed E-state index contributed by atoms with van der Waals surface area (Å²) < 4.78 is 0. The fourth-order valence-electron chi connectivity index (χ4n) is 1.23. The number of thiocarbonyl (C=S) groups is 1. The first kappa shape index (κ1) is 13.4. The van der Waals surface area contributed by atoms with Crippen LogP contribution in [0.4, 0.5) is 0 Å². The van der Waals surface area contributed by atoms with Crippen molar-refractivity contribution in [2.45, 2.75) is 39.7 Å². The van der Waals surface area contributed by atoms with E-state index < -0.39 is 0 Å². The molecule has 0 saturated carbocycles. The van der Waals surface area contributed by atoms with E-state index in [-0.39, 0.29) is 17.9 Å². The first-order chi connectivity index (χ1) is 6.45. The average Bonchev–Trinajstić information content (AvgIpc) is 2.15. The van der Waals surface area contributed by atoms with Gasteiger partial charge in [-0.05, 0) is 19.8 Å². The number of amides is 1. The number of hydrogen-bond acceptors (Lipinski definition) is 2. The van der Waals surface area contributed by atoms with Crippen molar-refractivity contribution in [2.24, 2.45) is 11.7 Å². The van der Waals surface area contributed by atoms with Gasteiger partial charge in [-0.3, -0.25) is 4.79 Å². The molecule has 0 aliphatic carbocycles. The average molecular weight is 216 g/mol. The van der Waals surface area contributed by atoms with Gasteiger partial charge in [-0.1, -0.05) is 26.1 Å². The van der Waals surface area contributed by atoms with Crippen LogP contribution in [0.3, 0.4) is 0 Å². The van der Waals surface area contributed by atoms with Crippen LogP contribution in [0.1, 0.15) is 33.6 Å². The summed E-state index contributed by atoms with van der Waals surface area (Å²) in [5, 5.41) is 0. The molecule has 14 heavy (non-hydrogen) atoms. The van der Waals surface area contributed by atoms with Crippen molar-refractivity contribution in [2.75, 3.05) is 7.05 Å². The third kappa shape index (κ3) is 3.25. The fourth-order valence-corrected chi connectivity index (χ4v) is 1.50. The molecule has 0 aliphatic heterocycles. The Labute approximate surface area is 91.6 Å². The van der Waals surface area contributed by atoms with E-state index in [0.717, 1.165) is 6.42 Å². The molecule has 0 aromatic rings. The smallest absolute Gasteiger partial charge is 0.232 e. The Balaban J connectivity index is 4.50. The molecule has 1 amide bonds. The highest BCUT2D eigenvalue weighted by Crippen LogP contribution is 2.11. The molecule has 4 heteroatoms. The van der Waals surface area contributed by atoms with E-state index in [0.29, 0.717) is 11.4 Å². The first-order valence-corrected chi connectivity index (χ1v) is 5.42. The maximum absolute atomic E-state index is 11.9. The number of nitrogens with zero attached hydrogens (tertiary/aromatic N) is 1. The van der Waals surface area contributed by atoms with Crippen molar-refractivity contribution in [3.63, 3.8) is 0 Å². The number of carbonyl (C=O) groups is 1. The normalized spacial score (nSPS) is 14.6. The van der Waals surface area contributed by atoms with Crippen LogP contribution in [0.25, 0.3) is 0 Å². The van der Waals surface area contributed by atoms with Crippen LogP contribution >= 0.6 is 12.2 Å². The second-order valence-electron chi connectivity index (χ2n) is 3.57. The van der Waals surface area contributed by atoms with Gasteiger partial charge in [0.25, 0.3) is 0 Å². The molecule has 0 bridgehead atoms. The van der Waals surface area contributed by atoms with Gasteiger partial charge in [0.05, 0.1) is 10.9 Å². The van der Waals surface area contributed by atoms with Crippen LogP contribution in [-0.4, -0.2) is 28.9 Å². The van der Waals surface area contributed by atoms with Crippen molar-refractivity contribution in [1.29, 1.82) is 0 Å². The third-order valence-electron chi connectivity index (χ3n) is 2.65. The van der Waals surface area contributed by atoms with E-state index in [1.165, 1.54) is 0 Å². The van der Waals surface area contributed by atoms with Gasteiger partial charge in [-0.15, -0.1) is 0 Å². The van der Waals surface area contributed by atoms with E-state index in [9.17, 15) is 4.79 Å². The Kier molecular flexibility index (Phi) is 5.69. The van der Waals surface area contributed by atoms with Gasteiger partial charge < -0.3 is 10.6 Å². The van der Waals surface area contributed by atoms with Crippen molar-refractivity contribution in [3.05, 3.63) is 0 Å². The number of nitrogens with two attached hydrogens (primary N) is 1. The Morgan fingerprint density at radius 1 is 1.43 bits per heavy atom. The molecule has 0 aromatic carbocycles. The lowest BCUT2D eigenvalue weighted by Crippen LogP contribution is -2.42. The second-order valence-corrected chi connectivity index (χ2v) is 4.04. The van der Waals surface area contributed by atoms with Crippen LogP contribution in [-0.2, 0) is 4.79 Å². The lowest BCUT2D eigenvalue weighted by Gasteiger charge is -2.27. The minimum Gasteiger partial charge on any atom is -0.393 e. The van der Waals surface area contributed by atoms with E-state index in [4.69, 9.17) is 18.0 Å². The van der Waals surface area contributed by atoms with Gasteiger partial charge >= 0.3 is 0 Å². The zero-order valence-electron chi connectivity index (χ0n) is 9.41. The largest absolute Gasteiger partial charge is 0.393 e. The molecule has 2 atom stereocenters. The Bertz CT molecular complexity index is 218. The van der Waals surface area contributed by atoms with Gasteiger partial charge in [0.2, 0.25) is 5.91 Å². The molecule has 2 unspecified atom stereocenters. The highest BCUT2D eigenvalue weighted by molar-refractivity contribution is 7.80. The molecule has 0 rings (SSSR count). The molecule has 0 spiro atoms. The topological polar surface area (TPSA) is 46.3 Å². The summed E-state index contributed by atoms with van der Waals surface area (Å²) in [6.07, 6.45) is 1.62. The van der Waals surface area contributed by atoms with Crippen molar-refractivity contribution >= 4 is 23.1 Å². The summed E-state index contributed by atoms with van der Waals surface area (Å²) >= 11 is 4.86. The van der Waals surface area contributed by atoms with Gasteiger partial charge in [0, 0.05) is 13.1 Å². The lowest BCUT2D eigenvalue weighted by atomic mass is 10.0. The molecule has 0 heterocycles. The SMILES string of the molecule is CCC(C(=O)N(C)C(C)CC)C(N)=S. The maximum Gasteiger partial charge on any atom is 0.232 e. The van der Waals surface area contributed by atoms with Crippen molar-refractivity contribution in [3.8, 4) is 0 Å². The fraction of sp³-hybridized carbons (Fsp3) is 0.800. The molecule has 0 aromatic heterocycles. The summed E-state index contributed by atoms with van der Waals surface area (Å²) in [7, 11) is 1.80. The van der Waals surface area contributed by atoms with Crippen molar-refractivity contribution in [1.82, 2.24) is 4.90 Å². The van der Waals surface area contributed by atoms with Crippen molar-refractivity contribution < 1.29 is 4.79 Å². The minimum absolute atomic E-state index is 0.0364. The summed E-state index contributed by atoms with van der Waals surface area (Å²) in [5.74, 6) is -0.265. The molecule has 0 saturated heterocycles. The maximum atomic E-state index is 11.9. The first-order valence-electron chi connectivity index (χ1n) is 5.01. The number of carbonyl (C=O) groups excluding carboxylic acids is 1. The van der Waals surface area contributed by atoms with E-state index in [2.05, 4.69) is 6.92 Å². The number of rotatable bonds is 5. The van der Waals surface area contributed by atoms with Crippen LogP contribution in [0.2, 0.25) is 0 Å². The molecule has 0 fully saturated rings. The summed E-state index contributed by atoms with van der Waals surface area (Å²) in [6.45, 7) is 5.99. The highest BCUT2D eigenvalue weighted by Gasteiger charge is 2.24. The van der Waals surface area contributed by atoms with Crippen LogP contribution in [0.15, 0.2) is 0 Å². The molecule has 2 N–H and O–H groups in total. The molecule has 0 radical (unpaired) electrons. The predicted molar refractivity (Wildman–Crippen MR) is 63.1 cm³/mol. The van der Waals surface area contributed by atoms with E-state index >= 15 is 0 Å². The Hall–Kier alpha value is -0.640. The van der Waals surface area contributed by atoms with Gasteiger partial charge in [-0.2, -0.15) is 0 Å². The van der Waals surface area contributed by atoms with Gasteiger partial charge in [-0.25, -0.2) is 0 Å². The number of hydrogen-bond donors (Lipinski definition) is 1. The van der Waals surface area contributed by atoms with Crippen LogP contribution < -0.4 is 5.73 Å². The summed E-state index contributed by atoms with van der Waals surface area (Å²) in [4.78, 5) is 13.9. The standard InChI is InChI=1S/C10H20N2OS/c1-5-7(3)12(4)10(13)8(6-2)9(11)14/h7-8H,5-6H2,1-4H3,(H2,11,14). The summed E-state index contributed by atoms with van der Waals surface area (Å²) in [6, 6.07) is 0.242. The minimum atomic E-state index is -0.302. The van der Waals surface area contributed by atoms with E-state index in [1.54, 1.807) is 11.9 Å². The zero-order chi connectivity index (χ0) is 11.3. The van der Waals surface area contributed by atoms with Crippen LogP contribution in [0, 0.1) is 5.92 Å². The monoisotopic (exact) mass is 216 g/mol. The lowest BCUT2D eigenvalue weighted by molar-refractivity contribution is -0.133. The summed E-state index contributed by atoms with van der Waals surface area (Å²) in [5.41, 5.74) is 5.51. The molecule has 0 aliphatic rings. The zero-order valence-corrected chi connectivity index (χ0v) is 10.2. The second kappa shape index (κ2) is 5.96. The Morgan fingerprint density at radius 2 is 1.93 bits per heavy atom. The molecule has 82 valence electrons. The predicted octanol–water partition coefficient (Wildman–Crippen LogP) is 1.56. The molecular weight excluding hydrogens is 196 g/mol. The van der Waals surface area contributed by atoms with Gasteiger partial charge in [0.15, 0.2) is 0 Å². The van der Waals surface area contributed by atoms with Gasteiger partial charge in [0.1, 0.15) is 0 Å². The molecular formula is C10H20N2OS. The third-order valence-corrected chi connectivity index (χ3v) is 2.93. The van der Waals surface area contributed by atoms with E-state index in [1.807, 2.05) is 13.8 Å². The quantitative estimate of drug-likeness (QED) is 0.709. The Morgan fingerprint density at radius 3 is 2.21 bits per heavy atom. The highest BCUT2D eigenvalue weighted by atomic mass is 32.1. The molecule has 3 nitrogen and oxygen atoms in total. The van der Waals surface area contributed by atoms with Crippen LogP contribution in [0.5, 0.6) is 0 Å².